The fourth-order valence-electron chi connectivity index (χ4n) is 1.89. The molecule has 1 aromatic rings. The van der Waals surface area contributed by atoms with Gasteiger partial charge in [0.1, 0.15) is 11.9 Å². The van der Waals surface area contributed by atoms with E-state index in [4.69, 9.17) is 4.74 Å². The second-order valence-corrected chi connectivity index (χ2v) is 3.88. The van der Waals surface area contributed by atoms with Gasteiger partial charge in [-0.3, -0.25) is 4.79 Å². The third kappa shape index (κ3) is 1.95. The maximum atomic E-state index is 11.6. The Morgan fingerprint density at radius 2 is 2.40 bits per heavy atom. The summed E-state index contributed by atoms with van der Waals surface area (Å²) in [5.74, 6) is 0.694. The number of ether oxygens (including phenoxy) is 1. The highest BCUT2D eigenvalue weighted by Crippen LogP contribution is 2.25. The van der Waals surface area contributed by atoms with Crippen molar-refractivity contribution in [1.82, 2.24) is 9.97 Å². The molecular formula is C11H16N2O2. The van der Waals surface area contributed by atoms with E-state index >= 15 is 0 Å². The topological polar surface area (TPSA) is 55.0 Å². The fourth-order valence-corrected chi connectivity index (χ4v) is 1.89. The van der Waals surface area contributed by atoms with Crippen molar-refractivity contribution in [3.63, 3.8) is 0 Å². The number of aromatic nitrogens is 2. The molecule has 0 aliphatic carbocycles. The van der Waals surface area contributed by atoms with Gasteiger partial charge in [-0.05, 0) is 26.2 Å². The number of aromatic amines is 1. The van der Waals surface area contributed by atoms with Gasteiger partial charge in [0.25, 0.3) is 5.56 Å². The van der Waals surface area contributed by atoms with Crippen LogP contribution in [0.3, 0.4) is 0 Å². The van der Waals surface area contributed by atoms with Crippen LogP contribution in [0.25, 0.3) is 0 Å². The fraction of sp³-hybridized carbons (Fsp3) is 0.636. The van der Waals surface area contributed by atoms with E-state index in [2.05, 4.69) is 9.97 Å². The first-order valence-corrected chi connectivity index (χ1v) is 5.43. The Bertz CT molecular complexity index is 406. The summed E-state index contributed by atoms with van der Waals surface area (Å²) in [5, 5.41) is 0. The number of rotatable bonds is 2. The quantitative estimate of drug-likeness (QED) is 0.801. The molecular weight excluding hydrogens is 192 g/mol. The molecule has 1 aromatic heterocycles. The lowest BCUT2D eigenvalue weighted by atomic mass is 10.2. The summed E-state index contributed by atoms with van der Waals surface area (Å²) in [7, 11) is 0. The predicted molar refractivity (Wildman–Crippen MR) is 56.9 cm³/mol. The Morgan fingerprint density at radius 3 is 3.00 bits per heavy atom. The number of H-pyrrole nitrogens is 1. The van der Waals surface area contributed by atoms with Gasteiger partial charge < -0.3 is 9.72 Å². The highest BCUT2D eigenvalue weighted by atomic mass is 16.5. The van der Waals surface area contributed by atoms with E-state index in [0.29, 0.717) is 5.82 Å². The van der Waals surface area contributed by atoms with E-state index < -0.39 is 0 Å². The molecule has 1 N–H and O–H groups in total. The Hall–Kier alpha value is -1.16. The molecule has 0 spiro atoms. The standard InChI is InChI=1S/C11H16N2O2/c1-3-8-7(2)11(14)13-10(12-8)9-5-4-6-15-9/h9H,3-6H2,1-2H3,(H,12,13,14). The van der Waals surface area contributed by atoms with Crippen LogP contribution in [0.4, 0.5) is 0 Å². The average molecular weight is 208 g/mol. The lowest BCUT2D eigenvalue weighted by Crippen LogP contribution is -2.19. The van der Waals surface area contributed by atoms with Crippen molar-refractivity contribution in [2.75, 3.05) is 6.61 Å². The normalized spacial score (nSPS) is 20.8. The molecule has 0 saturated carbocycles. The van der Waals surface area contributed by atoms with Gasteiger partial charge in [0.2, 0.25) is 0 Å². The van der Waals surface area contributed by atoms with Crippen LogP contribution < -0.4 is 5.56 Å². The summed E-state index contributed by atoms with van der Waals surface area (Å²) in [6.45, 7) is 4.59. The van der Waals surface area contributed by atoms with E-state index in [1.807, 2.05) is 13.8 Å². The largest absolute Gasteiger partial charge is 0.370 e. The lowest BCUT2D eigenvalue weighted by Gasteiger charge is -2.10. The summed E-state index contributed by atoms with van der Waals surface area (Å²) in [4.78, 5) is 18.9. The molecule has 1 aliphatic rings. The molecule has 4 nitrogen and oxygen atoms in total. The zero-order valence-electron chi connectivity index (χ0n) is 9.17. The van der Waals surface area contributed by atoms with Crippen molar-refractivity contribution in [2.45, 2.75) is 39.2 Å². The smallest absolute Gasteiger partial charge is 0.254 e. The number of hydrogen-bond acceptors (Lipinski definition) is 3. The predicted octanol–water partition coefficient (Wildman–Crippen LogP) is 1.49. The summed E-state index contributed by atoms with van der Waals surface area (Å²) in [5.41, 5.74) is 1.57. The monoisotopic (exact) mass is 208 g/mol. The van der Waals surface area contributed by atoms with E-state index in [0.717, 1.165) is 37.1 Å². The summed E-state index contributed by atoms with van der Waals surface area (Å²) in [6.07, 6.45) is 2.78. The molecule has 1 atom stereocenters. The van der Waals surface area contributed by atoms with Crippen molar-refractivity contribution in [2.24, 2.45) is 0 Å². The molecule has 2 heterocycles. The molecule has 0 aromatic carbocycles. The maximum absolute atomic E-state index is 11.6. The minimum Gasteiger partial charge on any atom is -0.370 e. The van der Waals surface area contributed by atoms with Crippen LogP contribution >= 0.6 is 0 Å². The molecule has 0 bridgehead atoms. The number of nitrogens with one attached hydrogen (secondary N) is 1. The van der Waals surface area contributed by atoms with Gasteiger partial charge in [-0.15, -0.1) is 0 Å². The van der Waals surface area contributed by atoms with Gasteiger partial charge in [0.05, 0.1) is 5.69 Å². The molecule has 0 radical (unpaired) electrons. The van der Waals surface area contributed by atoms with Crippen molar-refractivity contribution in [1.29, 1.82) is 0 Å². The van der Waals surface area contributed by atoms with Crippen LogP contribution in [0.2, 0.25) is 0 Å². The zero-order valence-corrected chi connectivity index (χ0v) is 9.17. The van der Waals surface area contributed by atoms with Crippen LogP contribution in [0.5, 0.6) is 0 Å². The molecule has 4 heteroatoms. The van der Waals surface area contributed by atoms with E-state index in [1.54, 1.807) is 0 Å². The summed E-state index contributed by atoms with van der Waals surface area (Å²) < 4.78 is 5.50. The second-order valence-electron chi connectivity index (χ2n) is 3.88. The number of aryl methyl sites for hydroxylation is 1. The van der Waals surface area contributed by atoms with Crippen molar-refractivity contribution in [3.8, 4) is 0 Å². The molecule has 2 rings (SSSR count). The number of nitrogens with zero attached hydrogens (tertiary/aromatic N) is 1. The molecule has 1 unspecified atom stereocenters. The molecule has 1 saturated heterocycles. The number of hydrogen-bond donors (Lipinski definition) is 1. The van der Waals surface area contributed by atoms with E-state index in [-0.39, 0.29) is 11.7 Å². The van der Waals surface area contributed by atoms with Gasteiger partial charge in [0.15, 0.2) is 0 Å². The van der Waals surface area contributed by atoms with Gasteiger partial charge >= 0.3 is 0 Å². The van der Waals surface area contributed by atoms with E-state index in [1.165, 1.54) is 0 Å². The Kier molecular flexibility index (Phi) is 2.86. The highest BCUT2D eigenvalue weighted by Gasteiger charge is 2.21. The lowest BCUT2D eigenvalue weighted by molar-refractivity contribution is 0.104. The summed E-state index contributed by atoms with van der Waals surface area (Å²) >= 11 is 0. The van der Waals surface area contributed by atoms with Crippen molar-refractivity contribution in [3.05, 3.63) is 27.4 Å². The van der Waals surface area contributed by atoms with Gasteiger partial charge in [-0.1, -0.05) is 6.92 Å². The minimum absolute atomic E-state index is 0.0106. The van der Waals surface area contributed by atoms with Gasteiger partial charge in [-0.25, -0.2) is 4.98 Å². The van der Waals surface area contributed by atoms with Crippen molar-refractivity contribution >= 4 is 0 Å². The molecule has 1 aliphatic heterocycles. The van der Waals surface area contributed by atoms with Crippen LogP contribution in [-0.4, -0.2) is 16.6 Å². The first-order chi connectivity index (χ1) is 7.22. The van der Waals surface area contributed by atoms with Crippen LogP contribution in [0, 0.1) is 6.92 Å². The first-order valence-electron chi connectivity index (χ1n) is 5.43. The highest BCUT2D eigenvalue weighted by molar-refractivity contribution is 5.16. The van der Waals surface area contributed by atoms with Crippen LogP contribution in [0.15, 0.2) is 4.79 Å². The molecule has 15 heavy (non-hydrogen) atoms. The molecule has 1 fully saturated rings. The summed E-state index contributed by atoms with van der Waals surface area (Å²) in [6, 6.07) is 0. The average Bonchev–Trinajstić information content (AvgIpc) is 2.75. The maximum Gasteiger partial charge on any atom is 0.254 e. The van der Waals surface area contributed by atoms with Crippen molar-refractivity contribution < 1.29 is 4.74 Å². The zero-order chi connectivity index (χ0) is 10.8. The van der Waals surface area contributed by atoms with Crippen LogP contribution in [0.1, 0.15) is 43.0 Å². The molecule has 0 amide bonds. The molecule has 82 valence electrons. The van der Waals surface area contributed by atoms with Gasteiger partial charge in [-0.2, -0.15) is 0 Å². The van der Waals surface area contributed by atoms with Gasteiger partial charge in [0, 0.05) is 12.2 Å². The second kappa shape index (κ2) is 4.14. The van der Waals surface area contributed by atoms with E-state index in [9.17, 15) is 4.79 Å². The minimum atomic E-state index is -0.0349. The third-order valence-corrected chi connectivity index (χ3v) is 2.84. The SMILES string of the molecule is CCc1nc(C2CCCO2)[nH]c(=O)c1C. The Balaban J connectivity index is 2.40. The Labute approximate surface area is 88.7 Å². The third-order valence-electron chi connectivity index (χ3n) is 2.84. The first kappa shape index (κ1) is 10.4. The van der Waals surface area contributed by atoms with Crippen LogP contribution in [-0.2, 0) is 11.2 Å². The Morgan fingerprint density at radius 1 is 1.60 bits per heavy atom.